The summed E-state index contributed by atoms with van der Waals surface area (Å²) in [6.07, 6.45) is 0.917. The van der Waals surface area contributed by atoms with Crippen LogP contribution in [0.1, 0.15) is 29.5 Å². The van der Waals surface area contributed by atoms with E-state index in [1.54, 1.807) is 29.2 Å². The number of nitrogens with zero attached hydrogens (tertiary/aromatic N) is 2. The van der Waals surface area contributed by atoms with Crippen molar-refractivity contribution in [2.45, 2.75) is 37.6 Å². The quantitative estimate of drug-likeness (QED) is 0.613. The molecule has 0 aromatic heterocycles. The molecule has 3 aliphatic heterocycles. The lowest BCUT2D eigenvalue weighted by atomic mass is 9.87. The van der Waals surface area contributed by atoms with E-state index in [2.05, 4.69) is 10.6 Å². The van der Waals surface area contributed by atoms with Crippen molar-refractivity contribution in [1.82, 2.24) is 15.1 Å². The molecular weight excluding hydrogens is 511 g/mol. The van der Waals surface area contributed by atoms with Crippen molar-refractivity contribution >= 4 is 29.6 Å². The lowest BCUT2D eigenvalue weighted by Gasteiger charge is -2.32. The van der Waals surface area contributed by atoms with Gasteiger partial charge in [0, 0.05) is 30.4 Å². The standard InChI is InChI=1S/C27H27FN4O7/c1-29-25(35)30-19-5-6-20-17(9-19)12-37-14-27(20)24(34)32(26(36)39-27)11-23(33)31-10-16-8-18(28)4-7-22(16)38-13-21(31)15-2-3-15/h4-9,15,21H,2-3,10-14H2,1H3,(H2,29,30,35)/t21-,27-/m0/s1. The van der Waals surface area contributed by atoms with Crippen LogP contribution in [0.25, 0.3) is 0 Å². The van der Waals surface area contributed by atoms with Gasteiger partial charge in [-0.25, -0.2) is 18.9 Å². The van der Waals surface area contributed by atoms with Crippen LogP contribution in [0.4, 0.5) is 19.7 Å². The smallest absolute Gasteiger partial charge is 0.418 e. The Morgan fingerprint density at radius 1 is 1.13 bits per heavy atom. The fourth-order valence-electron chi connectivity index (χ4n) is 5.46. The Morgan fingerprint density at radius 3 is 2.72 bits per heavy atom. The number of fused-ring (bicyclic) bond motifs is 3. The van der Waals surface area contributed by atoms with E-state index in [4.69, 9.17) is 14.2 Å². The van der Waals surface area contributed by atoms with Gasteiger partial charge in [-0.3, -0.25) is 9.59 Å². The first-order valence-corrected chi connectivity index (χ1v) is 12.7. The van der Waals surface area contributed by atoms with Gasteiger partial charge in [0.2, 0.25) is 11.5 Å². The Bertz CT molecular complexity index is 1380. The maximum atomic E-state index is 14.0. The number of halogens is 1. The van der Waals surface area contributed by atoms with Crippen molar-refractivity contribution in [3.63, 3.8) is 0 Å². The molecule has 1 spiro atoms. The molecule has 6 rings (SSSR count). The number of anilines is 1. The average Bonchev–Trinajstić information content (AvgIpc) is 3.74. The highest BCUT2D eigenvalue weighted by Gasteiger charge is 2.58. The lowest BCUT2D eigenvalue weighted by Crippen LogP contribution is -2.50. The second-order valence-corrected chi connectivity index (χ2v) is 10.1. The Balaban J connectivity index is 1.25. The molecule has 0 bridgehead atoms. The van der Waals surface area contributed by atoms with Gasteiger partial charge in [-0.1, -0.05) is 6.07 Å². The summed E-state index contributed by atoms with van der Waals surface area (Å²) in [5.74, 6) is -0.864. The zero-order valence-corrected chi connectivity index (χ0v) is 21.2. The summed E-state index contributed by atoms with van der Waals surface area (Å²) in [7, 11) is 1.49. The van der Waals surface area contributed by atoms with Gasteiger partial charge < -0.3 is 29.7 Å². The fraction of sp³-hybridized carbons (Fsp3) is 0.407. The molecule has 1 aliphatic carbocycles. The van der Waals surface area contributed by atoms with Gasteiger partial charge in [-0.2, -0.15) is 0 Å². The number of benzene rings is 2. The molecule has 12 heteroatoms. The first kappa shape index (κ1) is 25.1. The number of rotatable bonds is 4. The number of imide groups is 1. The number of carbonyl (C=O) groups is 4. The minimum Gasteiger partial charge on any atom is -0.491 e. The molecule has 0 radical (unpaired) electrons. The predicted molar refractivity (Wildman–Crippen MR) is 133 cm³/mol. The Morgan fingerprint density at radius 2 is 1.95 bits per heavy atom. The Labute approximate surface area is 223 Å². The highest BCUT2D eigenvalue weighted by molar-refractivity contribution is 6.06. The van der Waals surface area contributed by atoms with Gasteiger partial charge in [0.1, 0.15) is 31.3 Å². The van der Waals surface area contributed by atoms with Gasteiger partial charge in [0.05, 0.1) is 12.6 Å². The molecule has 204 valence electrons. The van der Waals surface area contributed by atoms with Crippen LogP contribution in [-0.4, -0.2) is 66.6 Å². The number of carbonyl (C=O) groups excluding carboxylic acids is 4. The average molecular weight is 539 g/mol. The third-order valence-corrected chi connectivity index (χ3v) is 7.61. The first-order valence-electron chi connectivity index (χ1n) is 12.7. The number of hydrogen-bond donors (Lipinski definition) is 2. The lowest BCUT2D eigenvalue weighted by molar-refractivity contribution is -0.148. The number of hydrogen-bond acceptors (Lipinski definition) is 7. The largest absolute Gasteiger partial charge is 0.491 e. The van der Waals surface area contributed by atoms with Crippen molar-refractivity contribution in [2.75, 3.05) is 32.1 Å². The van der Waals surface area contributed by atoms with E-state index in [-0.39, 0.29) is 38.3 Å². The molecule has 1 saturated carbocycles. The minimum atomic E-state index is -1.73. The van der Waals surface area contributed by atoms with E-state index in [0.717, 1.165) is 17.7 Å². The Hall–Kier alpha value is -4.19. The van der Waals surface area contributed by atoms with E-state index in [9.17, 15) is 23.6 Å². The summed E-state index contributed by atoms with van der Waals surface area (Å²) in [5, 5.41) is 5.11. The van der Waals surface area contributed by atoms with Gasteiger partial charge >= 0.3 is 12.1 Å². The van der Waals surface area contributed by atoms with Crippen LogP contribution in [0.2, 0.25) is 0 Å². The maximum absolute atomic E-state index is 14.0. The number of amides is 5. The highest BCUT2D eigenvalue weighted by atomic mass is 19.1. The molecular formula is C27H27FN4O7. The summed E-state index contributed by atoms with van der Waals surface area (Å²) >= 11 is 0. The van der Waals surface area contributed by atoms with Crippen LogP contribution >= 0.6 is 0 Å². The molecule has 1 saturated heterocycles. The molecule has 2 N–H and O–H groups in total. The van der Waals surface area contributed by atoms with Crippen LogP contribution in [0.3, 0.4) is 0 Å². The summed E-state index contributed by atoms with van der Waals surface area (Å²) in [6, 6.07) is 8.37. The monoisotopic (exact) mass is 538 g/mol. The highest BCUT2D eigenvalue weighted by Crippen LogP contribution is 2.42. The van der Waals surface area contributed by atoms with E-state index < -0.39 is 41.9 Å². The fourth-order valence-corrected chi connectivity index (χ4v) is 5.46. The second kappa shape index (κ2) is 9.53. The number of nitrogens with one attached hydrogen (secondary N) is 2. The zero-order chi connectivity index (χ0) is 27.3. The molecule has 2 aromatic rings. The summed E-state index contributed by atoms with van der Waals surface area (Å²) in [4.78, 5) is 54.4. The molecule has 39 heavy (non-hydrogen) atoms. The van der Waals surface area contributed by atoms with Gasteiger partial charge in [0.25, 0.3) is 5.91 Å². The van der Waals surface area contributed by atoms with Gasteiger partial charge in [-0.15, -0.1) is 0 Å². The molecule has 5 amide bonds. The van der Waals surface area contributed by atoms with E-state index in [0.29, 0.717) is 28.1 Å². The molecule has 2 atom stereocenters. The van der Waals surface area contributed by atoms with E-state index in [1.807, 2.05) is 0 Å². The molecule has 2 aromatic carbocycles. The van der Waals surface area contributed by atoms with Crippen LogP contribution in [0.15, 0.2) is 36.4 Å². The molecule has 0 unspecified atom stereocenters. The first-order chi connectivity index (χ1) is 18.8. The van der Waals surface area contributed by atoms with Crippen molar-refractivity contribution in [3.05, 3.63) is 58.9 Å². The number of ether oxygens (including phenoxy) is 3. The topological polar surface area (TPSA) is 127 Å². The van der Waals surface area contributed by atoms with Crippen LogP contribution in [0, 0.1) is 11.7 Å². The zero-order valence-electron chi connectivity index (χ0n) is 21.2. The maximum Gasteiger partial charge on any atom is 0.418 e. The predicted octanol–water partition coefficient (Wildman–Crippen LogP) is 2.48. The van der Waals surface area contributed by atoms with E-state index in [1.165, 1.54) is 19.2 Å². The van der Waals surface area contributed by atoms with Crippen LogP contribution < -0.4 is 15.4 Å². The molecule has 11 nitrogen and oxygen atoms in total. The summed E-state index contributed by atoms with van der Waals surface area (Å²) < 4.78 is 31.1. The third-order valence-electron chi connectivity index (χ3n) is 7.61. The Kier molecular flexibility index (Phi) is 6.13. The van der Waals surface area contributed by atoms with Crippen molar-refractivity contribution in [2.24, 2.45) is 5.92 Å². The summed E-state index contributed by atoms with van der Waals surface area (Å²) in [5.41, 5.74) is 0.275. The summed E-state index contributed by atoms with van der Waals surface area (Å²) in [6.45, 7) is -0.240. The SMILES string of the molecule is CNC(=O)Nc1ccc2c(c1)COC[C@]21OC(=O)N(CC(=O)N2Cc3cc(F)ccc3OC[C@H]2C2CC2)C1=O. The van der Waals surface area contributed by atoms with E-state index >= 15 is 0 Å². The molecule has 3 heterocycles. The number of urea groups is 1. The van der Waals surface area contributed by atoms with Gasteiger partial charge in [0.15, 0.2) is 0 Å². The van der Waals surface area contributed by atoms with Crippen molar-refractivity contribution in [1.29, 1.82) is 0 Å². The second-order valence-electron chi connectivity index (χ2n) is 10.1. The van der Waals surface area contributed by atoms with Gasteiger partial charge in [-0.05, 0) is 54.7 Å². The van der Waals surface area contributed by atoms with Crippen LogP contribution in [-0.2, 0) is 37.8 Å². The van der Waals surface area contributed by atoms with Crippen LogP contribution in [0.5, 0.6) is 5.75 Å². The minimum absolute atomic E-state index is 0.0996. The third kappa shape index (κ3) is 4.44. The van der Waals surface area contributed by atoms with Crippen molar-refractivity contribution < 1.29 is 37.8 Å². The van der Waals surface area contributed by atoms with Crippen molar-refractivity contribution in [3.8, 4) is 5.75 Å². The molecule has 2 fully saturated rings. The normalized spacial score (nSPS) is 23.9. The molecule has 4 aliphatic rings.